The van der Waals surface area contributed by atoms with Crippen molar-refractivity contribution in [2.24, 2.45) is 0 Å². The van der Waals surface area contributed by atoms with E-state index >= 15 is 0 Å². The first-order valence-corrected chi connectivity index (χ1v) is 5.46. The number of nitrogens with two attached hydrogens (primary N) is 1. The maximum atomic E-state index is 11.6. The SMILES string of the molecule is CCOC(=O)c1cn(-c2ccc(N)cc2)[nH]c1=O. The Balaban J connectivity index is 2.37. The molecular formula is C12H13N3O3. The van der Waals surface area contributed by atoms with Gasteiger partial charge in [-0.05, 0) is 31.2 Å². The van der Waals surface area contributed by atoms with Crippen LogP contribution in [-0.4, -0.2) is 22.4 Å². The van der Waals surface area contributed by atoms with E-state index in [1.54, 1.807) is 31.2 Å². The summed E-state index contributed by atoms with van der Waals surface area (Å²) in [5.41, 5.74) is 6.40. The van der Waals surface area contributed by atoms with Gasteiger partial charge in [-0.1, -0.05) is 0 Å². The second kappa shape index (κ2) is 4.79. The molecule has 0 atom stereocenters. The van der Waals surface area contributed by atoms with Crippen molar-refractivity contribution in [3.63, 3.8) is 0 Å². The smallest absolute Gasteiger partial charge is 0.345 e. The lowest BCUT2D eigenvalue weighted by atomic mass is 10.3. The highest BCUT2D eigenvalue weighted by Gasteiger charge is 2.14. The number of hydrogen-bond donors (Lipinski definition) is 2. The molecule has 0 aliphatic carbocycles. The van der Waals surface area contributed by atoms with E-state index in [2.05, 4.69) is 5.10 Å². The number of anilines is 1. The number of nitrogen functional groups attached to an aromatic ring is 1. The zero-order valence-electron chi connectivity index (χ0n) is 9.84. The minimum atomic E-state index is -0.632. The lowest BCUT2D eigenvalue weighted by Crippen LogP contribution is -2.14. The number of benzene rings is 1. The topological polar surface area (TPSA) is 90.1 Å². The number of aromatic nitrogens is 2. The van der Waals surface area contributed by atoms with Gasteiger partial charge in [0.2, 0.25) is 0 Å². The molecule has 0 amide bonds. The summed E-state index contributed by atoms with van der Waals surface area (Å²) in [5, 5.41) is 2.54. The minimum absolute atomic E-state index is 0.0197. The van der Waals surface area contributed by atoms with Crippen LogP contribution >= 0.6 is 0 Å². The van der Waals surface area contributed by atoms with Gasteiger partial charge in [-0.2, -0.15) is 0 Å². The predicted octanol–water partition coefficient (Wildman–Crippen LogP) is 0.924. The van der Waals surface area contributed by atoms with Gasteiger partial charge in [0.05, 0.1) is 12.3 Å². The van der Waals surface area contributed by atoms with Gasteiger partial charge in [0, 0.05) is 11.9 Å². The number of esters is 1. The Morgan fingerprint density at radius 2 is 2.06 bits per heavy atom. The Morgan fingerprint density at radius 3 is 2.67 bits per heavy atom. The molecule has 0 spiro atoms. The highest BCUT2D eigenvalue weighted by Crippen LogP contribution is 2.09. The molecule has 1 aromatic carbocycles. The molecule has 0 aliphatic heterocycles. The summed E-state index contributed by atoms with van der Waals surface area (Å²) in [6, 6.07) is 6.88. The lowest BCUT2D eigenvalue weighted by Gasteiger charge is -2.01. The number of ether oxygens (including phenoxy) is 1. The molecular weight excluding hydrogens is 234 g/mol. The molecule has 0 fully saturated rings. The maximum Gasteiger partial charge on any atom is 0.345 e. The summed E-state index contributed by atoms with van der Waals surface area (Å²) in [7, 11) is 0. The fraction of sp³-hybridized carbons (Fsp3) is 0.167. The van der Waals surface area contributed by atoms with Gasteiger partial charge in [0.15, 0.2) is 0 Å². The van der Waals surface area contributed by atoms with E-state index in [0.717, 1.165) is 0 Å². The van der Waals surface area contributed by atoms with E-state index in [-0.39, 0.29) is 12.2 Å². The van der Waals surface area contributed by atoms with Gasteiger partial charge >= 0.3 is 5.97 Å². The van der Waals surface area contributed by atoms with Gasteiger partial charge in [-0.15, -0.1) is 0 Å². The second-order valence-corrected chi connectivity index (χ2v) is 3.67. The Morgan fingerprint density at radius 1 is 1.39 bits per heavy atom. The number of nitrogens with one attached hydrogen (secondary N) is 1. The Labute approximate surface area is 103 Å². The Hall–Kier alpha value is -2.50. The molecule has 3 N–H and O–H groups in total. The molecule has 18 heavy (non-hydrogen) atoms. The van der Waals surface area contributed by atoms with Crippen molar-refractivity contribution in [1.29, 1.82) is 0 Å². The molecule has 6 nitrogen and oxygen atoms in total. The standard InChI is InChI=1S/C12H13N3O3/c1-2-18-12(17)10-7-15(14-11(10)16)9-5-3-8(13)4-6-9/h3-7H,2,13H2,1H3,(H,14,16). The van der Waals surface area contributed by atoms with Crippen LogP contribution < -0.4 is 11.3 Å². The molecule has 2 aromatic rings. The van der Waals surface area contributed by atoms with Gasteiger partial charge in [0.25, 0.3) is 5.56 Å². The van der Waals surface area contributed by atoms with Crippen molar-refractivity contribution in [3.05, 3.63) is 46.4 Å². The first kappa shape index (κ1) is 12.0. The van der Waals surface area contributed by atoms with Crippen LogP contribution in [0.5, 0.6) is 0 Å². The highest BCUT2D eigenvalue weighted by atomic mass is 16.5. The van der Waals surface area contributed by atoms with E-state index in [9.17, 15) is 9.59 Å². The van der Waals surface area contributed by atoms with Crippen molar-refractivity contribution in [1.82, 2.24) is 9.78 Å². The number of nitrogens with zero attached hydrogens (tertiary/aromatic N) is 1. The normalized spacial score (nSPS) is 10.3. The van der Waals surface area contributed by atoms with Gasteiger partial charge in [0.1, 0.15) is 5.56 Å². The van der Waals surface area contributed by atoms with Crippen LogP contribution in [0.1, 0.15) is 17.3 Å². The van der Waals surface area contributed by atoms with Crippen LogP contribution in [0.4, 0.5) is 5.69 Å². The second-order valence-electron chi connectivity index (χ2n) is 3.67. The minimum Gasteiger partial charge on any atom is -0.462 e. The van der Waals surface area contributed by atoms with Crippen molar-refractivity contribution in [2.45, 2.75) is 6.92 Å². The zero-order valence-corrected chi connectivity index (χ0v) is 9.84. The van der Waals surface area contributed by atoms with Crippen LogP contribution in [0.25, 0.3) is 5.69 Å². The molecule has 0 saturated heterocycles. The number of H-pyrrole nitrogens is 1. The van der Waals surface area contributed by atoms with Gasteiger partial charge in [-0.25, -0.2) is 4.79 Å². The number of rotatable bonds is 3. The van der Waals surface area contributed by atoms with Crippen LogP contribution in [0, 0.1) is 0 Å². The fourth-order valence-corrected chi connectivity index (χ4v) is 1.52. The third-order valence-electron chi connectivity index (χ3n) is 2.39. The van der Waals surface area contributed by atoms with E-state index in [1.807, 2.05) is 0 Å². The molecule has 0 bridgehead atoms. The molecule has 6 heteroatoms. The molecule has 1 aromatic heterocycles. The molecule has 94 valence electrons. The maximum absolute atomic E-state index is 11.6. The summed E-state index contributed by atoms with van der Waals surface area (Å²) in [6.45, 7) is 1.91. The number of carbonyl (C=O) groups is 1. The average Bonchev–Trinajstić information content (AvgIpc) is 2.72. The average molecular weight is 247 g/mol. The Kier molecular flexibility index (Phi) is 3.18. The largest absolute Gasteiger partial charge is 0.462 e. The van der Waals surface area contributed by atoms with Gasteiger partial charge in [-0.3, -0.25) is 14.6 Å². The molecule has 0 aliphatic rings. The quantitative estimate of drug-likeness (QED) is 0.623. The van der Waals surface area contributed by atoms with Crippen molar-refractivity contribution in [3.8, 4) is 5.69 Å². The van der Waals surface area contributed by atoms with Crippen molar-refractivity contribution >= 4 is 11.7 Å². The molecule has 0 unspecified atom stereocenters. The summed E-state index contributed by atoms with van der Waals surface area (Å²) in [5.74, 6) is -0.632. The first-order chi connectivity index (χ1) is 8.61. The monoisotopic (exact) mass is 247 g/mol. The summed E-state index contributed by atoms with van der Waals surface area (Å²) < 4.78 is 6.24. The third kappa shape index (κ3) is 2.27. The lowest BCUT2D eigenvalue weighted by molar-refractivity contribution is 0.0525. The molecule has 2 rings (SSSR count). The van der Waals surface area contributed by atoms with E-state index in [1.165, 1.54) is 10.9 Å². The summed E-state index contributed by atoms with van der Waals surface area (Å²) in [4.78, 5) is 23.1. The van der Waals surface area contributed by atoms with E-state index < -0.39 is 11.5 Å². The highest BCUT2D eigenvalue weighted by molar-refractivity contribution is 5.88. The molecule has 0 radical (unpaired) electrons. The van der Waals surface area contributed by atoms with Crippen LogP contribution in [0.3, 0.4) is 0 Å². The third-order valence-corrected chi connectivity index (χ3v) is 2.39. The first-order valence-electron chi connectivity index (χ1n) is 5.46. The van der Waals surface area contributed by atoms with Gasteiger partial charge < -0.3 is 10.5 Å². The van der Waals surface area contributed by atoms with Crippen molar-refractivity contribution < 1.29 is 9.53 Å². The molecule has 0 saturated carbocycles. The molecule has 1 heterocycles. The summed E-state index contributed by atoms with van der Waals surface area (Å²) >= 11 is 0. The predicted molar refractivity (Wildman–Crippen MR) is 66.8 cm³/mol. The number of aromatic amines is 1. The van der Waals surface area contributed by atoms with E-state index in [4.69, 9.17) is 10.5 Å². The van der Waals surface area contributed by atoms with E-state index in [0.29, 0.717) is 11.4 Å². The van der Waals surface area contributed by atoms with Crippen molar-refractivity contribution in [2.75, 3.05) is 12.3 Å². The number of hydrogen-bond acceptors (Lipinski definition) is 4. The summed E-state index contributed by atoms with van der Waals surface area (Å²) in [6.07, 6.45) is 1.41. The fourth-order valence-electron chi connectivity index (χ4n) is 1.52. The van der Waals surface area contributed by atoms with Crippen LogP contribution in [0.2, 0.25) is 0 Å². The van der Waals surface area contributed by atoms with Crippen LogP contribution in [-0.2, 0) is 4.74 Å². The van der Waals surface area contributed by atoms with Crippen LogP contribution in [0.15, 0.2) is 35.3 Å². The zero-order chi connectivity index (χ0) is 13.1. The number of carbonyl (C=O) groups excluding carboxylic acids is 1. The Bertz CT molecular complexity index is 610.